The van der Waals surface area contributed by atoms with Crippen LogP contribution < -0.4 is 0 Å². The molecule has 2 aromatic heterocycles. The second-order valence-electron chi connectivity index (χ2n) is 4.89. The van der Waals surface area contributed by atoms with Crippen molar-refractivity contribution in [2.45, 2.75) is 9.92 Å². The number of hydrogen-bond acceptors (Lipinski definition) is 3. The molecule has 1 nitrogen and oxygen atoms in total. The van der Waals surface area contributed by atoms with E-state index in [2.05, 4.69) is 53.9 Å². The summed E-state index contributed by atoms with van der Waals surface area (Å²) >= 11 is 3.62. The Morgan fingerprint density at radius 2 is 1.70 bits per heavy atom. The maximum atomic E-state index is 4.87. The van der Waals surface area contributed by atoms with E-state index in [-0.39, 0.29) is 0 Å². The van der Waals surface area contributed by atoms with Crippen LogP contribution in [0.15, 0.2) is 63.8 Å². The highest BCUT2D eigenvalue weighted by molar-refractivity contribution is 7.99. The van der Waals surface area contributed by atoms with Gasteiger partial charge in [0.25, 0.3) is 0 Å². The maximum Gasteiger partial charge on any atom is 0.111 e. The summed E-state index contributed by atoms with van der Waals surface area (Å²) in [5, 5.41) is 7.35. The number of pyridine rings is 1. The highest BCUT2D eigenvalue weighted by Gasteiger charge is 2.22. The molecule has 0 atom stereocenters. The molecule has 0 spiro atoms. The van der Waals surface area contributed by atoms with Gasteiger partial charge in [-0.1, -0.05) is 48.2 Å². The minimum atomic E-state index is 1.09. The van der Waals surface area contributed by atoms with E-state index in [1.165, 1.54) is 31.5 Å². The molecular formula is C17H9NS2. The van der Waals surface area contributed by atoms with Crippen LogP contribution in [0.5, 0.6) is 0 Å². The summed E-state index contributed by atoms with van der Waals surface area (Å²) in [4.78, 5) is 7.55. The summed E-state index contributed by atoms with van der Waals surface area (Å²) < 4.78 is 0. The van der Waals surface area contributed by atoms with E-state index in [4.69, 9.17) is 4.98 Å². The Morgan fingerprint density at radius 1 is 0.850 bits per heavy atom. The fraction of sp³-hybridized carbons (Fsp3) is 0. The summed E-state index contributed by atoms with van der Waals surface area (Å²) in [6, 6.07) is 17.0. The highest BCUT2D eigenvalue weighted by atomic mass is 32.2. The molecule has 3 heterocycles. The SMILES string of the molecule is c1ccc2c(c1)Sc1nc3ccccc3c3csc-2c13. The molecule has 2 aromatic carbocycles. The topological polar surface area (TPSA) is 12.9 Å². The Morgan fingerprint density at radius 3 is 2.70 bits per heavy atom. The van der Waals surface area contributed by atoms with Crippen molar-refractivity contribution >= 4 is 44.8 Å². The molecule has 94 valence electrons. The highest BCUT2D eigenvalue weighted by Crippen LogP contribution is 2.51. The molecule has 0 saturated heterocycles. The van der Waals surface area contributed by atoms with Gasteiger partial charge < -0.3 is 0 Å². The average Bonchev–Trinajstić information content (AvgIpc) is 2.94. The molecule has 1 aliphatic rings. The second-order valence-corrected chi connectivity index (χ2v) is 6.80. The van der Waals surface area contributed by atoms with Gasteiger partial charge in [-0.2, -0.15) is 0 Å². The number of nitrogens with zero attached hydrogens (tertiary/aromatic N) is 1. The molecule has 0 fully saturated rings. The van der Waals surface area contributed by atoms with Crippen LogP contribution in [0.1, 0.15) is 0 Å². The number of thiophene rings is 1. The molecule has 1 aliphatic heterocycles. The van der Waals surface area contributed by atoms with Crippen LogP contribution in [0.4, 0.5) is 0 Å². The zero-order chi connectivity index (χ0) is 13.1. The minimum absolute atomic E-state index is 1.09. The lowest BCUT2D eigenvalue weighted by molar-refractivity contribution is 1.22. The summed E-state index contributed by atoms with van der Waals surface area (Å²) in [6.45, 7) is 0. The lowest BCUT2D eigenvalue weighted by atomic mass is 10.1. The van der Waals surface area contributed by atoms with E-state index in [1.807, 2.05) is 11.3 Å². The van der Waals surface area contributed by atoms with Crippen molar-refractivity contribution in [2.75, 3.05) is 0 Å². The molecule has 0 amide bonds. The van der Waals surface area contributed by atoms with E-state index >= 15 is 0 Å². The van der Waals surface area contributed by atoms with Crippen molar-refractivity contribution in [3.05, 3.63) is 53.9 Å². The summed E-state index contributed by atoms with van der Waals surface area (Å²) in [5.74, 6) is 0. The first kappa shape index (κ1) is 10.9. The first-order valence-corrected chi connectivity index (χ1v) is 8.18. The van der Waals surface area contributed by atoms with Gasteiger partial charge in [-0.25, -0.2) is 4.98 Å². The molecule has 5 rings (SSSR count). The fourth-order valence-electron chi connectivity index (χ4n) is 2.85. The van der Waals surface area contributed by atoms with Crippen molar-refractivity contribution < 1.29 is 0 Å². The average molecular weight is 291 g/mol. The smallest absolute Gasteiger partial charge is 0.111 e. The number of benzene rings is 2. The van der Waals surface area contributed by atoms with E-state index in [1.54, 1.807) is 11.8 Å². The van der Waals surface area contributed by atoms with Gasteiger partial charge in [0.1, 0.15) is 5.03 Å². The maximum absolute atomic E-state index is 4.87. The van der Waals surface area contributed by atoms with Gasteiger partial charge in [0.05, 0.1) is 5.52 Å². The zero-order valence-corrected chi connectivity index (χ0v) is 12.1. The van der Waals surface area contributed by atoms with Gasteiger partial charge in [0.2, 0.25) is 0 Å². The van der Waals surface area contributed by atoms with Crippen molar-refractivity contribution in [1.29, 1.82) is 0 Å². The molecular weight excluding hydrogens is 282 g/mol. The van der Waals surface area contributed by atoms with Gasteiger partial charge in [-0.05, 0) is 12.1 Å². The van der Waals surface area contributed by atoms with Crippen molar-refractivity contribution in [3.63, 3.8) is 0 Å². The third-order valence-corrected chi connectivity index (χ3v) is 5.84. The van der Waals surface area contributed by atoms with E-state index in [9.17, 15) is 0 Å². The van der Waals surface area contributed by atoms with E-state index in [0.717, 1.165) is 10.5 Å². The van der Waals surface area contributed by atoms with Crippen LogP contribution in [0.25, 0.3) is 32.1 Å². The zero-order valence-electron chi connectivity index (χ0n) is 10.5. The number of fused-ring (bicyclic) bond motifs is 4. The molecule has 3 heteroatoms. The monoisotopic (exact) mass is 291 g/mol. The van der Waals surface area contributed by atoms with Gasteiger partial charge in [-0.3, -0.25) is 0 Å². The van der Waals surface area contributed by atoms with Gasteiger partial charge in [0.15, 0.2) is 0 Å². The normalized spacial score (nSPS) is 12.8. The van der Waals surface area contributed by atoms with Crippen LogP contribution in [0.3, 0.4) is 0 Å². The van der Waals surface area contributed by atoms with Crippen LogP contribution in [-0.4, -0.2) is 4.98 Å². The standard InChI is InChI=1S/C17H9NS2/c1-3-7-13-10(5-1)12-9-19-16-11-6-2-4-8-14(11)20-17(18-13)15(12)16/h1-9H. The molecule has 0 unspecified atom stereocenters. The third kappa shape index (κ3) is 1.31. The van der Waals surface area contributed by atoms with Gasteiger partial charge in [-0.15, -0.1) is 11.3 Å². The Bertz CT molecular complexity index is 985. The van der Waals surface area contributed by atoms with Gasteiger partial charge in [0, 0.05) is 36.9 Å². The molecule has 4 aromatic rings. The number of hydrogen-bond donors (Lipinski definition) is 0. The fourth-order valence-corrected chi connectivity index (χ4v) is 5.18. The Hall–Kier alpha value is -1.84. The first-order valence-electron chi connectivity index (χ1n) is 6.49. The van der Waals surface area contributed by atoms with E-state index < -0.39 is 0 Å². The summed E-state index contributed by atoms with van der Waals surface area (Å²) in [7, 11) is 0. The third-order valence-electron chi connectivity index (χ3n) is 3.76. The quantitative estimate of drug-likeness (QED) is 0.369. The van der Waals surface area contributed by atoms with Gasteiger partial charge >= 0.3 is 0 Å². The van der Waals surface area contributed by atoms with Crippen LogP contribution >= 0.6 is 23.1 Å². The molecule has 20 heavy (non-hydrogen) atoms. The number of aromatic nitrogens is 1. The number of rotatable bonds is 0. The Balaban J connectivity index is 2.02. The Kier molecular flexibility index (Phi) is 2.09. The van der Waals surface area contributed by atoms with Crippen LogP contribution in [0, 0.1) is 0 Å². The van der Waals surface area contributed by atoms with Crippen LogP contribution in [-0.2, 0) is 0 Å². The summed E-state index contributed by atoms with van der Waals surface area (Å²) in [5.41, 5.74) is 2.44. The molecule has 0 saturated carbocycles. The van der Waals surface area contributed by atoms with E-state index in [0.29, 0.717) is 0 Å². The lowest BCUT2D eigenvalue weighted by Gasteiger charge is -2.16. The predicted molar refractivity (Wildman–Crippen MR) is 86.7 cm³/mol. The molecule has 0 bridgehead atoms. The molecule has 0 N–H and O–H groups in total. The lowest BCUT2D eigenvalue weighted by Crippen LogP contribution is -1.92. The van der Waals surface area contributed by atoms with Crippen molar-refractivity contribution in [1.82, 2.24) is 4.98 Å². The molecule has 0 aliphatic carbocycles. The largest absolute Gasteiger partial charge is 0.240 e. The Labute approximate surface area is 124 Å². The van der Waals surface area contributed by atoms with Crippen LogP contribution in [0.2, 0.25) is 0 Å². The summed E-state index contributed by atoms with van der Waals surface area (Å²) in [6.07, 6.45) is 0. The first-order chi connectivity index (χ1) is 9.92. The molecule has 0 radical (unpaired) electrons. The number of para-hydroxylation sites is 1. The minimum Gasteiger partial charge on any atom is -0.240 e. The predicted octanol–water partition coefficient (Wildman–Crippen LogP) is 5.58. The van der Waals surface area contributed by atoms with Crippen molar-refractivity contribution in [3.8, 4) is 10.4 Å². The van der Waals surface area contributed by atoms with Crippen molar-refractivity contribution in [2.24, 2.45) is 0 Å². The second kappa shape index (κ2) is 3.84.